The first-order valence-electron chi connectivity index (χ1n) is 3.71. The van der Waals surface area contributed by atoms with Crippen LogP contribution >= 0.6 is 0 Å². The maximum Gasteiger partial charge on any atom is 0.0147 e. The van der Waals surface area contributed by atoms with Crippen LogP contribution in [0.5, 0.6) is 0 Å². The molecule has 0 saturated heterocycles. The summed E-state index contributed by atoms with van der Waals surface area (Å²) >= 11 is 0. The van der Waals surface area contributed by atoms with Crippen LogP contribution in [0.15, 0.2) is 12.3 Å². The quantitative estimate of drug-likeness (QED) is 0.563. The zero-order chi connectivity index (χ0) is 6.69. The Labute approximate surface area is 57.1 Å². The van der Waals surface area contributed by atoms with Gasteiger partial charge in [-0.1, -0.05) is 19.9 Å². The number of allylic oxidation sites excluding steroid dienone is 1. The second kappa shape index (κ2) is 2.90. The molecule has 0 saturated carbocycles. The predicted molar refractivity (Wildman–Crippen MR) is 40.1 cm³/mol. The molecule has 1 aliphatic heterocycles. The molecule has 1 aliphatic rings. The Balaban J connectivity index is 2.40. The second-order valence-electron chi connectivity index (χ2n) is 3.01. The molecule has 52 valence electrons. The van der Waals surface area contributed by atoms with Gasteiger partial charge < -0.3 is 5.32 Å². The molecule has 0 spiro atoms. The van der Waals surface area contributed by atoms with Crippen molar-refractivity contribution in [1.82, 2.24) is 5.32 Å². The van der Waals surface area contributed by atoms with Gasteiger partial charge in [-0.3, -0.25) is 0 Å². The molecular formula is C8H15N. The largest absolute Gasteiger partial charge is 0.391 e. The van der Waals surface area contributed by atoms with Gasteiger partial charge in [0.15, 0.2) is 0 Å². The van der Waals surface area contributed by atoms with Gasteiger partial charge in [0, 0.05) is 6.54 Å². The van der Waals surface area contributed by atoms with E-state index in [4.69, 9.17) is 0 Å². The maximum atomic E-state index is 3.19. The van der Waals surface area contributed by atoms with Crippen LogP contribution in [0.25, 0.3) is 0 Å². The number of nitrogens with one attached hydrogen (secondary N) is 1. The van der Waals surface area contributed by atoms with E-state index in [-0.39, 0.29) is 0 Å². The minimum absolute atomic E-state index is 0.809. The fourth-order valence-electron chi connectivity index (χ4n) is 1.18. The van der Waals surface area contributed by atoms with Crippen molar-refractivity contribution >= 4 is 0 Å². The minimum atomic E-state index is 0.809. The Kier molecular flexibility index (Phi) is 2.15. The van der Waals surface area contributed by atoms with E-state index in [9.17, 15) is 0 Å². The van der Waals surface area contributed by atoms with Crippen LogP contribution in [0, 0.1) is 11.8 Å². The van der Waals surface area contributed by atoms with Crippen molar-refractivity contribution < 1.29 is 0 Å². The van der Waals surface area contributed by atoms with Crippen molar-refractivity contribution in [3.8, 4) is 0 Å². The summed E-state index contributed by atoms with van der Waals surface area (Å²) in [6.45, 7) is 5.71. The fourth-order valence-corrected chi connectivity index (χ4v) is 1.18. The molecule has 0 aliphatic carbocycles. The Morgan fingerprint density at radius 3 is 2.67 bits per heavy atom. The van der Waals surface area contributed by atoms with Gasteiger partial charge in [0.05, 0.1) is 0 Å². The molecule has 1 nitrogen and oxygen atoms in total. The van der Waals surface area contributed by atoms with E-state index in [1.807, 2.05) is 0 Å². The van der Waals surface area contributed by atoms with Crippen LogP contribution < -0.4 is 5.32 Å². The van der Waals surface area contributed by atoms with Crippen molar-refractivity contribution in [3.63, 3.8) is 0 Å². The van der Waals surface area contributed by atoms with Crippen LogP contribution in [0.1, 0.15) is 20.3 Å². The second-order valence-corrected chi connectivity index (χ2v) is 3.01. The van der Waals surface area contributed by atoms with Gasteiger partial charge in [-0.25, -0.2) is 0 Å². The summed E-state index contributed by atoms with van der Waals surface area (Å²) in [6.07, 6.45) is 5.65. The minimum Gasteiger partial charge on any atom is -0.391 e. The van der Waals surface area contributed by atoms with E-state index in [0.29, 0.717) is 0 Å². The third-order valence-corrected chi connectivity index (χ3v) is 1.94. The highest BCUT2D eigenvalue weighted by Crippen LogP contribution is 2.17. The van der Waals surface area contributed by atoms with Crippen LogP contribution in [0.2, 0.25) is 0 Å². The first-order valence-corrected chi connectivity index (χ1v) is 3.71. The van der Waals surface area contributed by atoms with Crippen LogP contribution in [0.4, 0.5) is 0 Å². The highest BCUT2D eigenvalue weighted by Gasteiger charge is 2.10. The van der Waals surface area contributed by atoms with Gasteiger partial charge in [-0.05, 0) is 24.5 Å². The average molecular weight is 125 g/mol. The first kappa shape index (κ1) is 6.66. The van der Waals surface area contributed by atoms with E-state index in [1.54, 1.807) is 0 Å². The van der Waals surface area contributed by atoms with Crippen molar-refractivity contribution in [2.24, 2.45) is 11.8 Å². The molecule has 1 rings (SSSR count). The molecule has 1 heteroatoms. The molecule has 1 heterocycles. The normalized spacial score (nSPS) is 26.3. The van der Waals surface area contributed by atoms with Crippen molar-refractivity contribution in [2.75, 3.05) is 6.54 Å². The standard InChI is InChI=1S/C8H15N/c1-7(2)8-3-5-9-6-4-8/h3,5,7-9H,4,6H2,1-2H3. The summed E-state index contributed by atoms with van der Waals surface area (Å²) in [5.74, 6) is 1.62. The molecule has 0 amide bonds. The van der Waals surface area contributed by atoms with Gasteiger partial charge in [0.25, 0.3) is 0 Å². The Bertz CT molecular complexity index is 105. The Morgan fingerprint density at radius 1 is 1.56 bits per heavy atom. The van der Waals surface area contributed by atoms with Crippen LogP contribution in [0.3, 0.4) is 0 Å². The van der Waals surface area contributed by atoms with Gasteiger partial charge in [-0.15, -0.1) is 0 Å². The molecule has 1 N–H and O–H groups in total. The summed E-state index contributed by atoms with van der Waals surface area (Å²) in [5.41, 5.74) is 0. The number of hydrogen-bond acceptors (Lipinski definition) is 1. The van der Waals surface area contributed by atoms with E-state index < -0.39 is 0 Å². The van der Waals surface area contributed by atoms with E-state index in [1.165, 1.54) is 6.42 Å². The highest BCUT2D eigenvalue weighted by molar-refractivity contribution is 4.92. The molecule has 0 aromatic heterocycles. The zero-order valence-electron chi connectivity index (χ0n) is 6.22. The van der Waals surface area contributed by atoms with Crippen LogP contribution in [-0.2, 0) is 0 Å². The van der Waals surface area contributed by atoms with E-state index in [2.05, 4.69) is 31.4 Å². The van der Waals surface area contributed by atoms with Crippen LogP contribution in [-0.4, -0.2) is 6.54 Å². The molecule has 9 heavy (non-hydrogen) atoms. The van der Waals surface area contributed by atoms with Crippen molar-refractivity contribution in [1.29, 1.82) is 0 Å². The lowest BCUT2D eigenvalue weighted by Crippen LogP contribution is -2.20. The number of hydrogen-bond donors (Lipinski definition) is 1. The molecule has 0 fully saturated rings. The van der Waals surface area contributed by atoms with Gasteiger partial charge in [-0.2, -0.15) is 0 Å². The highest BCUT2D eigenvalue weighted by atomic mass is 14.8. The first-order chi connectivity index (χ1) is 4.30. The molecule has 0 bridgehead atoms. The number of rotatable bonds is 1. The third-order valence-electron chi connectivity index (χ3n) is 1.94. The molecule has 1 atom stereocenters. The topological polar surface area (TPSA) is 12.0 Å². The summed E-state index contributed by atoms with van der Waals surface area (Å²) in [5, 5.41) is 3.19. The summed E-state index contributed by atoms with van der Waals surface area (Å²) < 4.78 is 0. The zero-order valence-corrected chi connectivity index (χ0v) is 6.22. The summed E-state index contributed by atoms with van der Waals surface area (Å²) in [7, 11) is 0. The van der Waals surface area contributed by atoms with E-state index in [0.717, 1.165) is 18.4 Å². The van der Waals surface area contributed by atoms with Gasteiger partial charge in [0.2, 0.25) is 0 Å². The average Bonchev–Trinajstić information content (AvgIpc) is 1.90. The molecule has 0 aromatic carbocycles. The van der Waals surface area contributed by atoms with Crippen molar-refractivity contribution in [2.45, 2.75) is 20.3 Å². The summed E-state index contributed by atoms with van der Waals surface area (Å²) in [6, 6.07) is 0. The third kappa shape index (κ3) is 1.74. The lowest BCUT2D eigenvalue weighted by atomic mass is 9.91. The monoisotopic (exact) mass is 125 g/mol. The fraction of sp³-hybridized carbons (Fsp3) is 0.750. The Morgan fingerprint density at radius 2 is 2.33 bits per heavy atom. The SMILES string of the molecule is CC(C)C1C=CNCC1. The summed E-state index contributed by atoms with van der Waals surface area (Å²) in [4.78, 5) is 0. The molecule has 0 radical (unpaired) electrons. The predicted octanol–water partition coefficient (Wildman–Crippen LogP) is 1.77. The molecule has 1 unspecified atom stereocenters. The van der Waals surface area contributed by atoms with E-state index >= 15 is 0 Å². The Hall–Kier alpha value is -0.460. The lowest BCUT2D eigenvalue weighted by Gasteiger charge is -2.20. The maximum absolute atomic E-state index is 3.19. The smallest absolute Gasteiger partial charge is 0.0147 e. The molecular weight excluding hydrogens is 110 g/mol. The molecule has 0 aromatic rings. The van der Waals surface area contributed by atoms with Gasteiger partial charge >= 0.3 is 0 Å². The lowest BCUT2D eigenvalue weighted by molar-refractivity contribution is 0.417. The van der Waals surface area contributed by atoms with Crippen molar-refractivity contribution in [3.05, 3.63) is 12.3 Å². The van der Waals surface area contributed by atoms with Gasteiger partial charge in [0.1, 0.15) is 0 Å².